The fraction of sp³-hybridized carbons (Fsp3) is 0.700. The Hall–Kier alpha value is -0.830. The van der Waals surface area contributed by atoms with Gasteiger partial charge in [0.25, 0.3) is 0 Å². The van der Waals surface area contributed by atoms with Gasteiger partial charge in [0.05, 0.1) is 12.0 Å². The van der Waals surface area contributed by atoms with Crippen molar-refractivity contribution in [3.8, 4) is 0 Å². The van der Waals surface area contributed by atoms with Crippen LogP contribution in [0.3, 0.4) is 0 Å². The van der Waals surface area contributed by atoms with E-state index in [2.05, 4.69) is 18.8 Å². The SMILES string of the molecule is Cn1cnc(C(C)(C)C(C)(C)N)c1. The minimum absolute atomic E-state index is 0.103. The number of hydrogen-bond donors (Lipinski definition) is 1. The number of imidazole rings is 1. The van der Waals surface area contributed by atoms with Crippen molar-refractivity contribution in [2.75, 3.05) is 0 Å². The van der Waals surface area contributed by atoms with Gasteiger partial charge in [0.1, 0.15) is 0 Å². The van der Waals surface area contributed by atoms with Gasteiger partial charge in [0.15, 0.2) is 0 Å². The lowest BCUT2D eigenvalue weighted by Crippen LogP contribution is -2.50. The van der Waals surface area contributed by atoms with Crippen molar-refractivity contribution in [3.05, 3.63) is 18.2 Å². The van der Waals surface area contributed by atoms with E-state index < -0.39 is 0 Å². The summed E-state index contributed by atoms with van der Waals surface area (Å²) in [7, 11) is 1.97. The summed E-state index contributed by atoms with van der Waals surface area (Å²) in [5.74, 6) is 0. The third-order valence-electron chi connectivity index (χ3n) is 2.96. The van der Waals surface area contributed by atoms with Crippen LogP contribution in [0.1, 0.15) is 33.4 Å². The van der Waals surface area contributed by atoms with Crippen molar-refractivity contribution in [2.24, 2.45) is 12.8 Å². The van der Waals surface area contributed by atoms with Gasteiger partial charge in [-0.05, 0) is 13.8 Å². The molecule has 74 valence electrons. The van der Waals surface area contributed by atoms with Gasteiger partial charge in [0.2, 0.25) is 0 Å². The van der Waals surface area contributed by atoms with E-state index in [1.807, 2.05) is 38.0 Å². The van der Waals surface area contributed by atoms with Crippen LogP contribution >= 0.6 is 0 Å². The molecule has 0 aliphatic heterocycles. The summed E-state index contributed by atoms with van der Waals surface area (Å²) < 4.78 is 1.95. The topological polar surface area (TPSA) is 43.8 Å². The van der Waals surface area contributed by atoms with Gasteiger partial charge < -0.3 is 10.3 Å². The second-order valence-corrected chi connectivity index (χ2v) is 4.77. The number of nitrogens with zero attached hydrogens (tertiary/aromatic N) is 2. The molecule has 1 heterocycles. The van der Waals surface area contributed by atoms with E-state index in [1.165, 1.54) is 0 Å². The zero-order valence-electron chi connectivity index (χ0n) is 9.13. The van der Waals surface area contributed by atoms with E-state index in [-0.39, 0.29) is 11.0 Å². The molecule has 0 radical (unpaired) electrons. The van der Waals surface area contributed by atoms with Crippen molar-refractivity contribution in [2.45, 2.75) is 38.6 Å². The molecule has 0 atom stereocenters. The van der Waals surface area contributed by atoms with Crippen molar-refractivity contribution in [1.82, 2.24) is 9.55 Å². The minimum atomic E-state index is -0.263. The lowest BCUT2D eigenvalue weighted by molar-refractivity contribution is 0.300. The molecular weight excluding hydrogens is 162 g/mol. The number of aromatic nitrogens is 2. The molecule has 2 N–H and O–H groups in total. The number of aryl methyl sites for hydroxylation is 1. The molecule has 0 saturated heterocycles. The Labute approximate surface area is 80.0 Å². The average molecular weight is 181 g/mol. The van der Waals surface area contributed by atoms with Gasteiger partial charge in [-0.3, -0.25) is 0 Å². The first kappa shape index (κ1) is 10.3. The monoisotopic (exact) mass is 181 g/mol. The van der Waals surface area contributed by atoms with Gasteiger partial charge >= 0.3 is 0 Å². The lowest BCUT2D eigenvalue weighted by Gasteiger charge is -2.37. The molecule has 0 aliphatic carbocycles. The largest absolute Gasteiger partial charge is 0.340 e. The first-order valence-corrected chi connectivity index (χ1v) is 4.52. The number of hydrogen-bond acceptors (Lipinski definition) is 2. The highest BCUT2D eigenvalue weighted by Gasteiger charge is 2.36. The van der Waals surface area contributed by atoms with E-state index in [1.54, 1.807) is 0 Å². The first-order valence-electron chi connectivity index (χ1n) is 4.52. The van der Waals surface area contributed by atoms with Crippen LogP contribution in [-0.2, 0) is 12.5 Å². The van der Waals surface area contributed by atoms with Gasteiger partial charge in [-0.2, -0.15) is 0 Å². The van der Waals surface area contributed by atoms with Crippen molar-refractivity contribution in [1.29, 1.82) is 0 Å². The van der Waals surface area contributed by atoms with Crippen molar-refractivity contribution < 1.29 is 0 Å². The summed E-state index contributed by atoms with van der Waals surface area (Å²) >= 11 is 0. The maximum Gasteiger partial charge on any atom is 0.0947 e. The lowest BCUT2D eigenvalue weighted by atomic mass is 9.73. The predicted molar refractivity (Wildman–Crippen MR) is 54.5 cm³/mol. The fourth-order valence-corrected chi connectivity index (χ4v) is 1.07. The third kappa shape index (κ3) is 1.75. The summed E-state index contributed by atoms with van der Waals surface area (Å²) in [6.07, 6.45) is 3.83. The van der Waals surface area contributed by atoms with Gasteiger partial charge in [-0.15, -0.1) is 0 Å². The molecule has 0 saturated carbocycles. The molecule has 0 amide bonds. The van der Waals surface area contributed by atoms with E-state index in [4.69, 9.17) is 5.73 Å². The minimum Gasteiger partial charge on any atom is -0.340 e. The second-order valence-electron chi connectivity index (χ2n) is 4.77. The van der Waals surface area contributed by atoms with Crippen LogP contribution in [0.25, 0.3) is 0 Å². The average Bonchev–Trinajstić information content (AvgIpc) is 2.33. The molecule has 0 aliphatic rings. The summed E-state index contributed by atoms with van der Waals surface area (Å²) in [5.41, 5.74) is 6.78. The van der Waals surface area contributed by atoms with E-state index in [0.717, 1.165) is 5.69 Å². The zero-order valence-corrected chi connectivity index (χ0v) is 9.13. The summed E-state index contributed by atoms with van der Waals surface area (Å²) in [6, 6.07) is 0. The Bertz CT molecular complexity index is 291. The Balaban J connectivity index is 3.07. The number of rotatable bonds is 2. The maximum atomic E-state index is 6.11. The molecule has 3 nitrogen and oxygen atoms in total. The first-order chi connectivity index (χ1) is 5.75. The summed E-state index contributed by atoms with van der Waals surface area (Å²) in [5, 5.41) is 0. The quantitative estimate of drug-likeness (QED) is 0.750. The Morgan fingerprint density at radius 3 is 2.15 bits per heavy atom. The summed E-state index contributed by atoms with van der Waals surface area (Å²) in [6.45, 7) is 8.30. The molecular formula is C10H19N3. The highest BCUT2D eigenvalue weighted by Crippen LogP contribution is 2.31. The highest BCUT2D eigenvalue weighted by atomic mass is 15.0. The molecule has 1 aromatic heterocycles. The molecule has 0 bridgehead atoms. The van der Waals surface area contributed by atoms with Crippen LogP contribution in [0, 0.1) is 0 Å². The maximum absolute atomic E-state index is 6.11. The predicted octanol–water partition coefficient (Wildman–Crippen LogP) is 1.43. The molecule has 1 rings (SSSR count). The highest BCUT2D eigenvalue weighted by molar-refractivity contribution is 5.18. The van der Waals surface area contributed by atoms with Crippen LogP contribution in [-0.4, -0.2) is 15.1 Å². The van der Waals surface area contributed by atoms with Crippen LogP contribution in [0.4, 0.5) is 0 Å². The standard InChI is InChI=1S/C10H19N3/c1-9(2,10(3,4)11)8-6-13(5)7-12-8/h6-7H,11H2,1-5H3. The molecule has 1 aromatic rings. The third-order valence-corrected chi connectivity index (χ3v) is 2.96. The smallest absolute Gasteiger partial charge is 0.0947 e. The molecule has 0 fully saturated rings. The Kier molecular flexibility index (Phi) is 2.24. The second kappa shape index (κ2) is 2.84. The molecule has 0 spiro atoms. The van der Waals surface area contributed by atoms with Crippen LogP contribution in [0.15, 0.2) is 12.5 Å². The fourth-order valence-electron chi connectivity index (χ4n) is 1.07. The van der Waals surface area contributed by atoms with Crippen LogP contribution in [0.2, 0.25) is 0 Å². The van der Waals surface area contributed by atoms with Crippen molar-refractivity contribution in [3.63, 3.8) is 0 Å². The number of nitrogens with two attached hydrogens (primary N) is 1. The van der Waals surface area contributed by atoms with Crippen LogP contribution in [0.5, 0.6) is 0 Å². The molecule has 3 heteroatoms. The molecule has 0 unspecified atom stereocenters. The van der Waals surface area contributed by atoms with Crippen LogP contribution < -0.4 is 5.73 Å². The van der Waals surface area contributed by atoms with Gasteiger partial charge in [-0.25, -0.2) is 4.98 Å². The normalized spacial score (nSPS) is 13.4. The Morgan fingerprint density at radius 2 is 1.85 bits per heavy atom. The summed E-state index contributed by atoms with van der Waals surface area (Å²) in [4.78, 5) is 4.34. The van der Waals surface area contributed by atoms with E-state index in [9.17, 15) is 0 Å². The van der Waals surface area contributed by atoms with Gasteiger partial charge in [-0.1, -0.05) is 13.8 Å². The van der Waals surface area contributed by atoms with E-state index >= 15 is 0 Å². The molecule has 13 heavy (non-hydrogen) atoms. The zero-order chi connectivity index (χ0) is 10.3. The Morgan fingerprint density at radius 1 is 1.31 bits per heavy atom. The molecule has 0 aromatic carbocycles. The van der Waals surface area contributed by atoms with Crippen molar-refractivity contribution >= 4 is 0 Å². The van der Waals surface area contributed by atoms with E-state index in [0.29, 0.717) is 0 Å². The van der Waals surface area contributed by atoms with Gasteiger partial charge in [0, 0.05) is 24.2 Å².